The highest BCUT2D eigenvalue weighted by Crippen LogP contribution is 2.22. The first-order valence-corrected chi connectivity index (χ1v) is 8.45. The Morgan fingerprint density at radius 3 is 2.80 bits per heavy atom. The number of halogens is 1. The molecule has 6 heteroatoms. The van der Waals surface area contributed by atoms with Gasteiger partial charge in [-0.3, -0.25) is 4.79 Å². The quantitative estimate of drug-likeness (QED) is 0.451. The van der Waals surface area contributed by atoms with E-state index >= 15 is 0 Å². The molecule has 0 atom stereocenters. The number of hydrazone groups is 1. The number of carbonyl (C=O) groups is 1. The predicted molar refractivity (Wildman–Crippen MR) is 104 cm³/mol. The van der Waals surface area contributed by atoms with E-state index in [1.54, 1.807) is 18.2 Å². The molecule has 5 nitrogen and oxygen atoms in total. The minimum Gasteiger partial charge on any atom is -0.507 e. The molecular formula is C19H16BrN3O2. The Morgan fingerprint density at radius 1 is 1.12 bits per heavy atom. The lowest BCUT2D eigenvalue weighted by molar-refractivity contribution is -0.119. The largest absolute Gasteiger partial charge is 0.507 e. The second-order valence-electron chi connectivity index (χ2n) is 5.38. The summed E-state index contributed by atoms with van der Waals surface area (Å²) in [5, 5.41) is 18.9. The van der Waals surface area contributed by atoms with Gasteiger partial charge in [-0.15, -0.1) is 0 Å². The number of hydrogen-bond acceptors (Lipinski definition) is 4. The molecule has 0 fully saturated rings. The topological polar surface area (TPSA) is 73.7 Å². The average molecular weight is 398 g/mol. The second kappa shape index (κ2) is 7.81. The van der Waals surface area contributed by atoms with E-state index in [-0.39, 0.29) is 18.2 Å². The van der Waals surface area contributed by atoms with Crippen LogP contribution in [0.25, 0.3) is 10.8 Å². The van der Waals surface area contributed by atoms with Gasteiger partial charge in [-0.2, -0.15) is 5.10 Å². The highest BCUT2D eigenvalue weighted by Gasteiger charge is 2.03. The van der Waals surface area contributed by atoms with Crippen molar-refractivity contribution in [3.8, 4) is 5.75 Å². The van der Waals surface area contributed by atoms with Gasteiger partial charge >= 0.3 is 0 Å². The molecule has 0 aromatic heterocycles. The number of rotatable bonds is 5. The molecule has 3 rings (SSSR count). The van der Waals surface area contributed by atoms with Crippen LogP contribution >= 0.6 is 15.9 Å². The zero-order valence-electron chi connectivity index (χ0n) is 13.2. The van der Waals surface area contributed by atoms with Crippen molar-refractivity contribution < 1.29 is 9.90 Å². The van der Waals surface area contributed by atoms with Gasteiger partial charge in [-0.25, -0.2) is 5.43 Å². The predicted octanol–water partition coefficient (Wildman–Crippen LogP) is 3.87. The molecule has 0 saturated carbocycles. The lowest BCUT2D eigenvalue weighted by Crippen LogP contribution is -2.25. The van der Waals surface area contributed by atoms with Crippen LogP contribution in [0, 0.1) is 0 Å². The van der Waals surface area contributed by atoms with Gasteiger partial charge in [0, 0.05) is 21.1 Å². The van der Waals surface area contributed by atoms with E-state index in [0.717, 1.165) is 20.9 Å². The number of benzene rings is 3. The lowest BCUT2D eigenvalue weighted by atomic mass is 10.1. The van der Waals surface area contributed by atoms with Crippen LogP contribution < -0.4 is 10.7 Å². The number of aromatic hydroxyl groups is 1. The molecule has 25 heavy (non-hydrogen) atoms. The van der Waals surface area contributed by atoms with Crippen molar-refractivity contribution in [2.45, 2.75) is 0 Å². The van der Waals surface area contributed by atoms with Crippen LogP contribution in [0.4, 0.5) is 5.69 Å². The summed E-state index contributed by atoms with van der Waals surface area (Å²) < 4.78 is 0.815. The lowest BCUT2D eigenvalue weighted by Gasteiger charge is -2.08. The van der Waals surface area contributed by atoms with Crippen LogP contribution in [-0.4, -0.2) is 23.8 Å². The summed E-state index contributed by atoms with van der Waals surface area (Å²) in [7, 11) is 0. The Morgan fingerprint density at radius 2 is 1.92 bits per heavy atom. The van der Waals surface area contributed by atoms with E-state index in [9.17, 15) is 9.90 Å². The van der Waals surface area contributed by atoms with Gasteiger partial charge in [0.1, 0.15) is 5.75 Å². The minimum atomic E-state index is -0.279. The molecule has 3 aromatic rings. The number of phenols is 1. The number of anilines is 1. The molecule has 1 amide bonds. The van der Waals surface area contributed by atoms with Crippen molar-refractivity contribution in [3.63, 3.8) is 0 Å². The number of hydrogen-bond donors (Lipinski definition) is 3. The van der Waals surface area contributed by atoms with Gasteiger partial charge in [-0.1, -0.05) is 52.3 Å². The number of amides is 1. The Hall–Kier alpha value is -2.86. The first-order valence-electron chi connectivity index (χ1n) is 7.65. The van der Waals surface area contributed by atoms with Crippen molar-refractivity contribution in [3.05, 3.63) is 70.7 Å². The minimum absolute atomic E-state index is 0.0927. The van der Waals surface area contributed by atoms with Gasteiger partial charge in [0.2, 0.25) is 0 Å². The number of carbonyl (C=O) groups excluding carboxylic acids is 1. The third-order valence-electron chi connectivity index (χ3n) is 3.61. The van der Waals surface area contributed by atoms with Crippen molar-refractivity contribution in [1.82, 2.24) is 5.43 Å². The fraction of sp³-hybridized carbons (Fsp3) is 0.0526. The molecule has 0 spiro atoms. The highest BCUT2D eigenvalue weighted by atomic mass is 79.9. The van der Waals surface area contributed by atoms with Crippen LogP contribution in [0.5, 0.6) is 5.75 Å². The summed E-state index contributed by atoms with van der Waals surface area (Å²) in [4.78, 5) is 11.9. The normalized spacial score (nSPS) is 10.9. The maximum Gasteiger partial charge on any atom is 0.259 e. The van der Waals surface area contributed by atoms with E-state index in [0.29, 0.717) is 5.56 Å². The van der Waals surface area contributed by atoms with E-state index < -0.39 is 0 Å². The molecule has 0 radical (unpaired) electrons. The van der Waals surface area contributed by atoms with Gasteiger partial charge in [0.15, 0.2) is 0 Å². The molecular weight excluding hydrogens is 382 g/mol. The van der Waals surface area contributed by atoms with Gasteiger partial charge in [-0.05, 0) is 29.7 Å². The third kappa shape index (κ3) is 4.36. The molecule has 3 N–H and O–H groups in total. The van der Waals surface area contributed by atoms with E-state index in [1.165, 1.54) is 6.21 Å². The maximum atomic E-state index is 11.9. The Balaban J connectivity index is 1.59. The van der Waals surface area contributed by atoms with E-state index in [2.05, 4.69) is 31.8 Å². The van der Waals surface area contributed by atoms with Crippen LogP contribution in [0.2, 0.25) is 0 Å². The monoisotopic (exact) mass is 397 g/mol. The number of nitrogens with one attached hydrogen (secondary N) is 2. The number of phenolic OH excluding ortho intramolecular Hbond substituents is 1. The smallest absolute Gasteiger partial charge is 0.259 e. The summed E-state index contributed by atoms with van der Waals surface area (Å²) in [6.07, 6.45) is 1.40. The Kier molecular flexibility index (Phi) is 5.30. The number of fused-ring (bicyclic) bond motifs is 1. The van der Waals surface area contributed by atoms with Crippen LogP contribution in [0.3, 0.4) is 0 Å². The molecule has 0 unspecified atom stereocenters. The SMILES string of the molecule is O=C(CNc1cccc2ccccc12)N/N=C/c1cc(Br)ccc1O. The second-order valence-corrected chi connectivity index (χ2v) is 6.29. The summed E-state index contributed by atoms with van der Waals surface area (Å²) in [6.45, 7) is 0.0931. The number of nitrogens with zero attached hydrogens (tertiary/aromatic N) is 1. The molecule has 0 saturated heterocycles. The summed E-state index contributed by atoms with van der Waals surface area (Å²) in [5.41, 5.74) is 3.84. The first kappa shape index (κ1) is 17.0. The fourth-order valence-corrected chi connectivity index (χ4v) is 2.78. The molecule has 3 aromatic carbocycles. The van der Waals surface area contributed by atoms with Crippen LogP contribution in [-0.2, 0) is 4.79 Å². The molecule has 0 bridgehead atoms. The summed E-state index contributed by atoms with van der Waals surface area (Å²) in [5.74, 6) is -0.186. The van der Waals surface area contributed by atoms with Gasteiger partial charge in [0.25, 0.3) is 5.91 Å². The summed E-state index contributed by atoms with van der Waals surface area (Å²) >= 11 is 3.32. The molecule has 0 aliphatic heterocycles. The van der Waals surface area contributed by atoms with Crippen molar-refractivity contribution in [1.29, 1.82) is 0 Å². The highest BCUT2D eigenvalue weighted by molar-refractivity contribution is 9.10. The average Bonchev–Trinajstić information content (AvgIpc) is 2.63. The van der Waals surface area contributed by atoms with Crippen molar-refractivity contribution in [2.75, 3.05) is 11.9 Å². The third-order valence-corrected chi connectivity index (χ3v) is 4.10. The Bertz CT molecular complexity index is 936. The zero-order chi connectivity index (χ0) is 17.6. The van der Waals surface area contributed by atoms with Crippen molar-refractivity contribution in [2.24, 2.45) is 5.10 Å². The Labute approximate surface area is 153 Å². The van der Waals surface area contributed by atoms with Crippen LogP contribution in [0.1, 0.15) is 5.56 Å². The zero-order valence-corrected chi connectivity index (χ0v) is 14.8. The molecule has 126 valence electrons. The maximum absolute atomic E-state index is 11.9. The van der Waals surface area contributed by atoms with Crippen LogP contribution in [0.15, 0.2) is 70.2 Å². The van der Waals surface area contributed by atoms with Gasteiger partial charge in [0.05, 0.1) is 12.8 Å². The fourth-order valence-electron chi connectivity index (χ4n) is 2.40. The first-order chi connectivity index (χ1) is 12.1. The molecule has 0 aliphatic rings. The van der Waals surface area contributed by atoms with E-state index in [4.69, 9.17) is 0 Å². The molecule has 0 aliphatic carbocycles. The summed E-state index contributed by atoms with van der Waals surface area (Å²) in [6, 6.07) is 18.8. The van der Waals surface area contributed by atoms with Crippen molar-refractivity contribution >= 4 is 44.5 Å². The van der Waals surface area contributed by atoms with Gasteiger partial charge < -0.3 is 10.4 Å². The van der Waals surface area contributed by atoms with E-state index in [1.807, 2.05) is 42.5 Å². The standard InChI is InChI=1S/C19H16BrN3O2/c20-15-8-9-18(24)14(10-15)11-22-23-19(25)12-21-17-7-3-5-13-4-1-2-6-16(13)17/h1-11,21,24H,12H2,(H,23,25)/b22-11+. The molecule has 0 heterocycles.